The number of ether oxygens (including phenoxy) is 1. The lowest BCUT2D eigenvalue weighted by Crippen LogP contribution is -2.19. The van der Waals surface area contributed by atoms with Crippen LogP contribution < -0.4 is 0 Å². The van der Waals surface area contributed by atoms with E-state index in [1.54, 1.807) is 12.5 Å². The highest BCUT2D eigenvalue weighted by Crippen LogP contribution is 2.53. The van der Waals surface area contributed by atoms with Crippen molar-refractivity contribution in [2.45, 2.75) is 30.5 Å². The summed E-state index contributed by atoms with van der Waals surface area (Å²) in [5.41, 5.74) is 0.499. The van der Waals surface area contributed by atoms with E-state index in [9.17, 15) is 10.2 Å². The second-order valence-electron chi connectivity index (χ2n) is 6.15. The van der Waals surface area contributed by atoms with Gasteiger partial charge in [-0.1, -0.05) is 0 Å². The topological polar surface area (TPSA) is 83.1 Å². The maximum Gasteiger partial charge on any atom is 0.144 e. The highest BCUT2D eigenvalue weighted by molar-refractivity contribution is 5.89. The molecule has 1 aliphatic carbocycles. The molecule has 1 saturated heterocycles. The summed E-state index contributed by atoms with van der Waals surface area (Å²) in [4.78, 5) is 10.7. The first-order chi connectivity index (χ1) is 10.5. The molecule has 1 saturated carbocycles. The molecule has 0 radical (unpaired) electrons. The predicted molar refractivity (Wildman–Crippen MR) is 81.1 cm³/mol. The highest BCUT2D eigenvalue weighted by atomic mass is 16.6. The molecule has 3 heterocycles. The number of hydrogen-bond acceptors (Lipinski definition) is 5. The van der Waals surface area contributed by atoms with Crippen molar-refractivity contribution < 1.29 is 14.9 Å². The van der Waals surface area contributed by atoms with Crippen LogP contribution in [0.15, 0.2) is 29.5 Å². The molecule has 1 aliphatic heterocycles. The minimum absolute atomic E-state index is 0.309. The molecule has 0 aromatic carbocycles. The van der Waals surface area contributed by atoms with Crippen LogP contribution in [0.1, 0.15) is 12.6 Å². The van der Waals surface area contributed by atoms with Gasteiger partial charge in [0.1, 0.15) is 29.7 Å². The number of aliphatic imine (C=N–C) groups is 1. The quantitative estimate of drug-likeness (QED) is 0.642. The molecular weight excluding hydrogens is 284 g/mol. The minimum atomic E-state index is -1.10. The van der Waals surface area contributed by atoms with Gasteiger partial charge in [0.15, 0.2) is 0 Å². The summed E-state index contributed by atoms with van der Waals surface area (Å²) in [7, 11) is 3.83. The summed E-state index contributed by atoms with van der Waals surface area (Å²) >= 11 is 0. The first-order valence-corrected chi connectivity index (χ1v) is 7.23. The van der Waals surface area contributed by atoms with Crippen LogP contribution in [-0.2, 0) is 4.74 Å². The summed E-state index contributed by atoms with van der Waals surface area (Å²) in [5, 5.41) is 20.6. The van der Waals surface area contributed by atoms with Crippen LogP contribution in [0.25, 0.3) is 11.0 Å². The largest absolute Gasteiger partial charge is 0.387 e. The fourth-order valence-corrected chi connectivity index (χ4v) is 3.03. The molecule has 4 rings (SSSR count). The standard InChI is InChI=1S/C15H18N4O3/c1-18(2)8-17-10-3-5-16-14-9(10)4-6-19(14)11-7-15(21)12(20)13(15)22-11/h3-6,8,11-13,20-21H,7H2,1-2H3/t11-,12?,13-,15-/m1/s1. The highest BCUT2D eigenvalue weighted by Gasteiger charge is 2.71. The van der Waals surface area contributed by atoms with Crippen LogP contribution in [0.3, 0.4) is 0 Å². The van der Waals surface area contributed by atoms with Gasteiger partial charge in [0.05, 0.1) is 12.0 Å². The molecule has 7 heteroatoms. The summed E-state index contributed by atoms with van der Waals surface area (Å²) < 4.78 is 7.61. The van der Waals surface area contributed by atoms with Gasteiger partial charge in [-0.15, -0.1) is 0 Å². The second kappa shape index (κ2) is 4.52. The number of hydrogen-bond donors (Lipinski definition) is 2. The van der Waals surface area contributed by atoms with Crippen molar-refractivity contribution in [3.63, 3.8) is 0 Å². The summed E-state index contributed by atoms with van der Waals surface area (Å²) in [5.74, 6) is 0. The monoisotopic (exact) mass is 302 g/mol. The van der Waals surface area contributed by atoms with Crippen molar-refractivity contribution in [1.82, 2.24) is 14.5 Å². The van der Waals surface area contributed by atoms with Crippen molar-refractivity contribution in [3.05, 3.63) is 24.5 Å². The molecule has 4 atom stereocenters. The van der Waals surface area contributed by atoms with E-state index >= 15 is 0 Å². The Hall–Kier alpha value is -1.96. The first kappa shape index (κ1) is 13.7. The van der Waals surface area contributed by atoms with Crippen LogP contribution in [0.2, 0.25) is 0 Å². The third-order valence-corrected chi connectivity index (χ3v) is 4.32. The lowest BCUT2D eigenvalue weighted by Gasteiger charge is -2.17. The van der Waals surface area contributed by atoms with Crippen LogP contribution in [0.5, 0.6) is 0 Å². The van der Waals surface area contributed by atoms with Gasteiger partial charge in [-0.3, -0.25) is 0 Å². The maximum absolute atomic E-state index is 10.1. The normalized spacial score (nSPS) is 33.5. The predicted octanol–water partition coefficient (Wildman–Crippen LogP) is 0.651. The van der Waals surface area contributed by atoms with Crippen LogP contribution >= 0.6 is 0 Å². The zero-order chi connectivity index (χ0) is 15.5. The number of fused-ring (bicyclic) bond motifs is 2. The summed E-state index contributed by atoms with van der Waals surface area (Å²) in [6.45, 7) is 0. The molecule has 0 amide bonds. The van der Waals surface area contributed by atoms with E-state index in [0.29, 0.717) is 6.42 Å². The second-order valence-corrected chi connectivity index (χ2v) is 6.15. The van der Waals surface area contributed by atoms with Gasteiger partial charge in [-0.25, -0.2) is 9.98 Å². The third-order valence-electron chi connectivity index (χ3n) is 4.32. The Morgan fingerprint density at radius 3 is 3.00 bits per heavy atom. The molecule has 22 heavy (non-hydrogen) atoms. The van der Waals surface area contributed by atoms with Gasteiger partial charge in [0.25, 0.3) is 0 Å². The molecule has 7 nitrogen and oxygen atoms in total. The van der Waals surface area contributed by atoms with E-state index in [-0.39, 0.29) is 6.23 Å². The maximum atomic E-state index is 10.1. The lowest BCUT2D eigenvalue weighted by atomic mass is 10.2. The number of nitrogens with zero attached hydrogens (tertiary/aromatic N) is 4. The molecule has 2 N–H and O–H groups in total. The van der Waals surface area contributed by atoms with E-state index in [4.69, 9.17) is 4.74 Å². The van der Waals surface area contributed by atoms with Crippen molar-refractivity contribution in [3.8, 4) is 0 Å². The molecule has 2 fully saturated rings. The Morgan fingerprint density at radius 2 is 2.32 bits per heavy atom. The fourth-order valence-electron chi connectivity index (χ4n) is 3.03. The Kier molecular flexibility index (Phi) is 2.81. The van der Waals surface area contributed by atoms with E-state index in [1.807, 2.05) is 41.9 Å². The van der Waals surface area contributed by atoms with E-state index < -0.39 is 17.8 Å². The van der Waals surface area contributed by atoms with Gasteiger partial charge in [-0.2, -0.15) is 0 Å². The molecule has 1 unspecified atom stereocenters. The van der Waals surface area contributed by atoms with E-state index in [0.717, 1.165) is 16.7 Å². The molecular formula is C15H18N4O3. The van der Waals surface area contributed by atoms with Crippen LogP contribution in [-0.4, -0.2) is 62.9 Å². The summed E-state index contributed by atoms with van der Waals surface area (Å²) in [6, 6.07) is 3.80. The molecule has 0 spiro atoms. The number of aromatic nitrogens is 2. The van der Waals surface area contributed by atoms with Gasteiger partial charge < -0.3 is 24.4 Å². The minimum Gasteiger partial charge on any atom is -0.387 e. The number of aliphatic hydroxyl groups is 2. The molecule has 2 aliphatic rings. The zero-order valence-corrected chi connectivity index (χ0v) is 12.4. The van der Waals surface area contributed by atoms with Gasteiger partial charge >= 0.3 is 0 Å². The summed E-state index contributed by atoms with van der Waals surface area (Å²) in [6.07, 6.45) is 4.15. The van der Waals surface area contributed by atoms with E-state index in [2.05, 4.69) is 9.98 Å². The number of aliphatic hydroxyl groups excluding tert-OH is 1. The number of rotatable bonds is 3. The van der Waals surface area contributed by atoms with Crippen molar-refractivity contribution in [1.29, 1.82) is 0 Å². The lowest BCUT2D eigenvalue weighted by molar-refractivity contribution is -0.0114. The van der Waals surface area contributed by atoms with E-state index in [1.165, 1.54) is 0 Å². The Bertz CT molecular complexity index is 756. The van der Waals surface area contributed by atoms with Crippen molar-refractivity contribution in [2.24, 2.45) is 4.99 Å². The van der Waals surface area contributed by atoms with Gasteiger partial charge in [-0.05, 0) is 12.1 Å². The van der Waals surface area contributed by atoms with Crippen molar-refractivity contribution >= 4 is 23.1 Å². The Labute approximate surface area is 127 Å². The third kappa shape index (κ3) is 1.86. The average molecular weight is 302 g/mol. The van der Waals surface area contributed by atoms with Crippen LogP contribution in [0.4, 0.5) is 5.69 Å². The molecule has 2 aromatic rings. The Balaban J connectivity index is 1.68. The smallest absolute Gasteiger partial charge is 0.144 e. The van der Waals surface area contributed by atoms with Gasteiger partial charge in [0.2, 0.25) is 0 Å². The first-order valence-electron chi connectivity index (χ1n) is 7.23. The number of pyridine rings is 1. The van der Waals surface area contributed by atoms with Crippen molar-refractivity contribution in [2.75, 3.05) is 14.1 Å². The van der Waals surface area contributed by atoms with Crippen LogP contribution in [0, 0.1) is 0 Å². The average Bonchev–Trinajstić information content (AvgIpc) is 2.90. The molecule has 2 aromatic heterocycles. The SMILES string of the molecule is CN(C)C=Nc1ccnc2c1ccn2[C@H]1C[C@@]2(O)C(O)[C@H]2O1. The molecule has 0 bridgehead atoms. The molecule has 116 valence electrons. The Morgan fingerprint density at radius 1 is 1.50 bits per heavy atom. The van der Waals surface area contributed by atoms with Gasteiger partial charge in [0, 0.05) is 38.3 Å². The fraction of sp³-hybridized carbons (Fsp3) is 0.467. The zero-order valence-electron chi connectivity index (χ0n) is 12.4.